The molecule has 20 heavy (non-hydrogen) atoms. The van der Waals surface area contributed by atoms with Gasteiger partial charge in [0.1, 0.15) is 5.75 Å². The minimum atomic E-state index is -4.42. The Labute approximate surface area is 110 Å². The lowest BCUT2D eigenvalue weighted by Gasteiger charge is -2.07. The first-order valence-corrected chi connectivity index (χ1v) is 5.27. The van der Waals surface area contributed by atoms with Crippen LogP contribution in [0.5, 0.6) is 11.8 Å². The summed E-state index contributed by atoms with van der Waals surface area (Å²) in [6.45, 7) is 0. The van der Waals surface area contributed by atoms with E-state index in [1.54, 1.807) is 0 Å². The molecule has 1 aromatic heterocycles. The van der Waals surface area contributed by atoms with Gasteiger partial charge in [0.05, 0.1) is 11.1 Å². The Morgan fingerprint density at radius 1 is 1.10 bits per heavy atom. The summed E-state index contributed by atoms with van der Waals surface area (Å²) in [5.74, 6) is -1.08. The molecule has 0 aliphatic heterocycles. The molecule has 0 unspecified atom stereocenters. The molecule has 0 radical (unpaired) electrons. The maximum Gasteiger partial charge on any atom is 0.416 e. The highest BCUT2D eigenvalue weighted by atomic mass is 19.4. The van der Waals surface area contributed by atoms with Gasteiger partial charge in [-0.2, -0.15) is 13.2 Å². The minimum absolute atomic E-state index is 0.112. The molecule has 0 amide bonds. The molecule has 0 bridgehead atoms. The number of carbonyl (C=O) groups is 1. The van der Waals surface area contributed by atoms with Crippen molar-refractivity contribution in [3.05, 3.63) is 47.8 Å². The van der Waals surface area contributed by atoms with Crippen molar-refractivity contribution in [1.29, 1.82) is 0 Å². The number of hydrogen-bond acceptors (Lipinski definition) is 4. The molecule has 5 nitrogen and oxygen atoms in total. The second-order valence-electron chi connectivity index (χ2n) is 3.68. The maximum absolute atomic E-state index is 12.3. The van der Waals surface area contributed by atoms with E-state index < -0.39 is 17.7 Å². The van der Waals surface area contributed by atoms with Crippen LogP contribution in [0.4, 0.5) is 13.2 Å². The Balaban J connectivity index is 2.12. The quantitative estimate of drug-likeness (QED) is 0.938. The van der Waals surface area contributed by atoms with Gasteiger partial charge in [0.2, 0.25) is 0 Å². The van der Waals surface area contributed by atoms with E-state index in [2.05, 4.69) is 9.97 Å². The topological polar surface area (TPSA) is 72.3 Å². The molecule has 0 aliphatic carbocycles. The van der Waals surface area contributed by atoms with Crippen LogP contribution >= 0.6 is 0 Å². The summed E-state index contributed by atoms with van der Waals surface area (Å²) < 4.78 is 42.1. The third-order valence-corrected chi connectivity index (χ3v) is 2.27. The molecule has 0 saturated heterocycles. The van der Waals surface area contributed by atoms with Crippen molar-refractivity contribution in [1.82, 2.24) is 9.97 Å². The fourth-order valence-corrected chi connectivity index (χ4v) is 1.30. The second kappa shape index (κ2) is 5.16. The fourth-order valence-electron chi connectivity index (χ4n) is 1.30. The van der Waals surface area contributed by atoms with E-state index >= 15 is 0 Å². The van der Waals surface area contributed by atoms with Crippen molar-refractivity contribution in [2.75, 3.05) is 0 Å². The van der Waals surface area contributed by atoms with Gasteiger partial charge in [-0.1, -0.05) is 0 Å². The van der Waals surface area contributed by atoms with E-state index in [1.807, 2.05) is 0 Å². The van der Waals surface area contributed by atoms with Gasteiger partial charge in [-0.15, -0.1) is 0 Å². The van der Waals surface area contributed by atoms with E-state index in [4.69, 9.17) is 9.84 Å². The normalized spacial score (nSPS) is 11.2. The van der Waals surface area contributed by atoms with Crippen molar-refractivity contribution in [2.45, 2.75) is 6.18 Å². The second-order valence-corrected chi connectivity index (χ2v) is 3.68. The summed E-state index contributed by atoms with van der Waals surface area (Å²) >= 11 is 0. The van der Waals surface area contributed by atoms with E-state index in [-0.39, 0.29) is 17.3 Å². The van der Waals surface area contributed by atoms with Gasteiger partial charge in [-0.25, -0.2) is 14.8 Å². The van der Waals surface area contributed by atoms with Crippen LogP contribution in [0.2, 0.25) is 0 Å². The monoisotopic (exact) mass is 284 g/mol. The lowest BCUT2D eigenvalue weighted by atomic mass is 10.2. The number of aromatic carboxylic acids is 1. The number of nitrogens with zero attached hydrogens (tertiary/aromatic N) is 2. The Morgan fingerprint density at radius 3 is 2.10 bits per heavy atom. The summed E-state index contributed by atoms with van der Waals surface area (Å²) in [6, 6.07) is 3.81. The molecule has 104 valence electrons. The zero-order valence-electron chi connectivity index (χ0n) is 9.76. The number of benzene rings is 1. The van der Waals surface area contributed by atoms with E-state index in [1.165, 1.54) is 0 Å². The van der Waals surface area contributed by atoms with Gasteiger partial charge in [0, 0.05) is 12.4 Å². The molecule has 0 aliphatic rings. The zero-order valence-corrected chi connectivity index (χ0v) is 9.76. The predicted molar refractivity (Wildman–Crippen MR) is 60.5 cm³/mol. The van der Waals surface area contributed by atoms with Crippen LogP contribution < -0.4 is 4.74 Å². The van der Waals surface area contributed by atoms with E-state index in [0.29, 0.717) is 0 Å². The number of hydrogen-bond donors (Lipinski definition) is 1. The van der Waals surface area contributed by atoms with Gasteiger partial charge >= 0.3 is 18.2 Å². The van der Waals surface area contributed by atoms with Crippen LogP contribution in [0.3, 0.4) is 0 Å². The molecular weight excluding hydrogens is 277 g/mol. The summed E-state index contributed by atoms with van der Waals surface area (Å²) in [5.41, 5.74) is -0.920. The summed E-state index contributed by atoms with van der Waals surface area (Å²) in [5, 5.41) is 8.64. The first-order chi connectivity index (χ1) is 9.36. The van der Waals surface area contributed by atoms with Gasteiger partial charge in [0.25, 0.3) is 0 Å². The number of alkyl halides is 3. The maximum atomic E-state index is 12.3. The number of rotatable bonds is 3. The highest BCUT2D eigenvalue weighted by molar-refractivity contribution is 5.86. The number of carboxylic acid groups (broad SMARTS) is 1. The number of aromatic nitrogens is 2. The van der Waals surface area contributed by atoms with Crippen molar-refractivity contribution < 1.29 is 27.8 Å². The Morgan fingerprint density at radius 2 is 1.65 bits per heavy atom. The number of carboxylic acids is 1. The van der Waals surface area contributed by atoms with Crippen LogP contribution in [0, 0.1) is 0 Å². The number of halogens is 3. The lowest BCUT2D eigenvalue weighted by molar-refractivity contribution is -0.137. The van der Waals surface area contributed by atoms with Crippen LogP contribution in [0.15, 0.2) is 36.7 Å². The first-order valence-electron chi connectivity index (χ1n) is 5.27. The third kappa shape index (κ3) is 3.22. The fraction of sp³-hybridized carbons (Fsp3) is 0.0833. The molecule has 8 heteroatoms. The molecule has 1 heterocycles. The molecular formula is C12H7F3N2O3. The Bertz CT molecular complexity index is 609. The lowest BCUT2D eigenvalue weighted by Crippen LogP contribution is -2.04. The standard InChI is InChI=1S/C12H7F3N2O3/c13-12(14,15)8-1-3-9(4-2-8)20-11-16-5-7(6-17-11)10(18)19/h1-6H,(H,18,19). The predicted octanol–water partition coefficient (Wildman–Crippen LogP) is 2.99. The largest absolute Gasteiger partial charge is 0.478 e. The molecule has 0 fully saturated rings. The van der Waals surface area contributed by atoms with Crippen molar-refractivity contribution in [2.24, 2.45) is 0 Å². The zero-order chi connectivity index (χ0) is 14.8. The highest BCUT2D eigenvalue weighted by Crippen LogP contribution is 2.30. The van der Waals surface area contributed by atoms with Gasteiger partial charge < -0.3 is 9.84 Å². The van der Waals surface area contributed by atoms with Crippen molar-refractivity contribution in [3.63, 3.8) is 0 Å². The number of ether oxygens (including phenoxy) is 1. The summed E-state index contributed by atoms with van der Waals surface area (Å²) in [4.78, 5) is 17.8. The van der Waals surface area contributed by atoms with Crippen molar-refractivity contribution >= 4 is 5.97 Å². The minimum Gasteiger partial charge on any atom is -0.478 e. The van der Waals surface area contributed by atoms with Gasteiger partial charge in [-0.05, 0) is 24.3 Å². The molecule has 2 aromatic rings. The van der Waals surface area contributed by atoms with Crippen LogP contribution in [0.25, 0.3) is 0 Å². The van der Waals surface area contributed by atoms with E-state index in [9.17, 15) is 18.0 Å². The smallest absolute Gasteiger partial charge is 0.416 e. The highest BCUT2D eigenvalue weighted by Gasteiger charge is 2.30. The van der Waals surface area contributed by atoms with Crippen LogP contribution in [-0.4, -0.2) is 21.0 Å². The molecule has 1 N–H and O–H groups in total. The average molecular weight is 284 g/mol. The molecule has 0 atom stereocenters. The third-order valence-electron chi connectivity index (χ3n) is 2.27. The average Bonchev–Trinajstić information content (AvgIpc) is 2.39. The Hall–Kier alpha value is -2.64. The molecule has 2 rings (SSSR count). The van der Waals surface area contributed by atoms with Gasteiger partial charge in [0.15, 0.2) is 0 Å². The van der Waals surface area contributed by atoms with E-state index in [0.717, 1.165) is 36.7 Å². The first kappa shape index (κ1) is 13.8. The summed E-state index contributed by atoms with van der Waals surface area (Å²) in [7, 11) is 0. The molecule has 1 aromatic carbocycles. The SMILES string of the molecule is O=C(O)c1cnc(Oc2ccc(C(F)(F)F)cc2)nc1. The van der Waals surface area contributed by atoms with Crippen molar-refractivity contribution in [3.8, 4) is 11.8 Å². The summed E-state index contributed by atoms with van der Waals surface area (Å²) in [6.07, 6.45) is -2.35. The van der Waals surface area contributed by atoms with Crippen LogP contribution in [-0.2, 0) is 6.18 Å². The van der Waals surface area contributed by atoms with Crippen LogP contribution in [0.1, 0.15) is 15.9 Å². The Kier molecular flexibility index (Phi) is 3.55. The molecule has 0 saturated carbocycles. The molecule has 0 spiro atoms. The van der Waals surface area contributed by atoms with Gasteiger partial charge in [-0.3, -0.25) is 0 Å².